The minimum Gasteiger partial charge on any atom is -0.352 e. The van der Waals surface area contributed by atoms with Crippen LogP contribution in [0.4, 0.5) is 0 Å². The average molecular weight is 529 g/mol. The summed E-state index contributed by atoms with van der Waals surface area (Å²) in [5.41, 5.74) is 0. The molecular formula is C33H69O2P. The van der Waals surface area contributed by atoms with Crippen molar-refractivity contribution in [2.45, 2.75) is 213 Å². The van der Waals surface area contributed by atoms with Crippen LogP contribution in [-0.4, -0.2) is 11.0 Å². The van der Waals surface area contributed by atoms with Crippen molar-refractivity contribution in [3.8, 4) is 0 Å². The Bertz CT molecular complexity index is 345. The number of unbranched alkanes of at least 4 members (excludes halogenated alkanes) is 26. The highest BCUT2D eigenvalue weighted by atomic mass is 31.1. The van der Waals surface area contributed by atoms with Crippen LogP contribution in [-0.2, 0) is 4.52 Å². The van der Waals surface area contributed by atoms with E-state index in [0.29, 0.717) is 6.10 Å². The topological polar surface area (TPSA) is 29.5 Å². The summed E-state index contributed by atoms with van der Waals surface area (Å²) in [5.74, 6) is 0. The highest BCUT2D eigenvalue weighted by molar-refractivity contribution is 7.25. The minimum atomic E-state index is -0.340. The third-order valence-electron chi connectivity index (χ3n) is 7.98. The van der Waals surface area contributed by atoms with Gasteiger partial charge in [-0.25, -0.2) is 0 Å². The molecule has 0 bridgehead atoms. The first kappa shape index (κ1) is 36.4. The molecule has 0 aromatic heterocycles. The second-order valence-corrected chi connectivity index (χ2v) is 12.0. The first-order valence-corrected chi connectivity index (χ1v) is 17.7. The summed E-state index contributed by atoms with van der Waals surface area (Å²) >= 11 is 0. The second kappa shape index (κ2) is 33.4. The standard InChI is InChI=1S/C33H69O2P/c1-3-5-7-9-11-13-15-17-19-21-23-25-27-29-31-33(35-36-34)32-30-28-26-24-22-20-18-16-14-12-10-8-6-4-2/h33-34,36H,3-32H2,1-2H3. The van der Waals surface area contributed by atoms with Crippen LogP contribution in [0.2, 0.25) is 0 Å². The van der Waals surface area contributed by atoms with E-state index in [-0.39, 0.29) is 9.03 Å². The Hall–Kier alpha value is 0.350. The molecule has 36 heavy (non-hydrogen) atoms. The van der Waals surface area contributed by atoms with Crippen molar-refractivity contribution in [2.75, 3.05) is 0 Å². The molecule has 0 rings (SSSR count). The predicted molar refractivity (Wildman–Crippen MR) is 165 cm³/mol. The summed E-state index contributed by atoms with van der Waals surface area (Å²) in [6.45, 7) is 4.59. The van der Waals surface area contributed by atoms with E-state index in [4.69, 9.17) is 4.52 Å². The van der Waals surface area contributed by atoms with Crippen molar-refractivity contribution >= 4 is 9.03 Å². The molecule has 1 N–H and O–H groups in total. The smallest absolute Gasteiger partial charge is 0.152 e. The molecule has 3 heteroatoms. The van der Waals surface area contributed by atoms with Gasteiger partial charge in [0, 0.05) is 0 Å². The quantitative estimate of drug-likeness (QED) is 0.0695. The largest absolute Gasteiger partial charge is 0.352 e. The Morgan fingerprint density at radius 3 is 0.833 bits per heavy atom. The molecule has 0 spiro atoms. The van der Waals surface area contributed by atoms with Crippen molar-refractivity contribution in [2.24, 2.45) is 0 Å². The Morgan fingerprint density at radius 2 is 0.611 bits per heavy atom. The van der Waals surface area contributed by atoms with Crippen molar-refractivity contribution in [1.29, 1.82) is 0 Å². The van der Waals surface area contributed by atoms with Crippen LogP contribution >= 0.6 is 9.03 Å². The molecule has 218 valence electrons. The van der Waals surface area contributed by atoms with Gasteiger partial charge in [0.15, 0.2) is 9.03 Å². The molecule has 0 saturated carbocycles. The van der Waals surface area contributed by atoms with Gasteiger partial charge in [0.25, 0.3) is 0 Å². The van der Waals surface area contributed by atoms with Gasteiger partial charge in [-0.15, -0.1) is 0 Å². The SMILES string of the molecule is CCCCCCCCCCCCCCCCC(CCCCCCCCCCCCCCCC)OPO. The van der Waals surface area contributed by atoms with E-state index in [1.807, 2.05) is 0 Å². The van der Waals surface area contributed by atoms with Crippen molar-refractivity contribution in [3.63, 3.8) is 0 Å². The van der Waals surface area contributed by atoms with Crippen LogP contribution in [0.3, 0.4) is 0 Å². The molecule has 0 saturated heterocycles. The first-order chi connectivity index (χ1) is 17.8. The van der Waals surface area contributed by atoms with E-state index < -0.39 is 0 Å². The van der Waals surface area contributed by atoms with Gasteiger partial charge < -0.3 is 9.42 Å². The zero-order chi connectivity index (χ0) is 26.2. The molecule has 0 amide bonds. The van der Waals surface area contributed by atoms with Crippen LogP contribution < -0.4 is 0 Å². The fourth-order valence-corrected chi connectivity index (χ4v) is 5.85. The Labute approximate surface area is 230 Å². The summed E-state index contributed by atoms with van der Waals surface area (Å²) in [6, 6.07) is 0. The lowest BCUT2D eigenvalue weighted by Crippen LogP contribution is -2.08. The van der Waals surface area contributed by atoms with Crippen molar-refractivity contribution < 1.29 is 9.42 Å². The fraction of sp³-hybridized carbons (Fsp3) is 1.00. The molecule has 1 atom stereocenters. The second-order valence-electron chi connectivity index (χ2n) is 11.6. The lowest BCUT2D eigenvalue weighted by Gasteiger charge is -2.16. The molecular weight excluding hydrogens is 459 g/mol. The predicted octanol–water partition coefficient (Wildman–Crippen LogP) is 12.6. The van der Waals surface area contributed by atoms with Gasteiger partial charge in [0.05, 0.1) is 6.10 Å². The monoisotopic (exact) mass is 529 g/mol. The van der Waals surface area contributed by atoms with E-state index in [2.05, 4.69) is 13.8 Å². The van der Waals surface area contributed by atoms with Crippen molar-refractivity contribution in [1.82, 2.24) is 0 Å². The zero-order valence-corrected chi connectivity index (χ0v) is 26.1. The highest BCUT2D eigenvalue weighted by Gasteiger charge is 2.08. The summed E-state index contributed by atoms with van der Waals surface area (Å²) in [7, 11) is -0.340. The van der Waals surface area contributed by atoms with Gasteiger partial charge in [-0.05, 0) is 12.8 Å². The summed E-state index contributed by atoms with van der Waals surface area (Å²) in [5, 5.41) is 0. The van der Waals surface area contributed by atoms with E-state index in [0.717, 1.165) is 12.8 Å². The van der Waals surface area contributed by atoms with E-state index >= 15 is 0 Å². The van der Waals surface area contributed by atoms with Gasteiger partial charge in [-0.2, -0.15) is 0 Å². The molecule has 0 heterocycles. The number of hydrogen-bond acceptors (Lipinski definition) is 2. The molecule has 0 aromatic carbocycles. The molecule has 0 radical (unpaired) electrons. The molecule has 1 unspecified atom stereocenters. The molecule has 0 aliphatic heterocycles. The first-order valence-electron chi connectivity index (χ1n) is 16.9. The van der Waals surface area contributed by atoms with Gasteiger partial charge in [-0.3, -0.25) is 0 Å². The molecule has 0 aliphatic carbocycles. The van der Waals surface area contributed by atoms with Gasteiger partial charge >= 0.3 is 0 Å². The van der Waals surface area contributed by atoms with Crippen LogP contribution in [0.25, 0.3) is 0 Å². The van der Waals surface area contributed by atoms with E-state index in [1.54, 1.807) is 0 Å². The highest BCUT2D eigenvalue weighted by Crippen LogP contribution is 2.22. The maximum atomic E-state index is 9.27. The Kier molecular flexibility index (Phi) is 33.7. The number of hydrogen-bond donors (Lipinski definition) is 1. The third-order valence-corrected chi connectivity index (χ3v) is 8.42. The summed E-state index contributed by atoms with van der Waals surface area (Å²) in [6.07, 6.45) is 42.0. The number of rotatable bonds is 32. The molecule has 2 nitrogen and oxygen atoms in total. The maximum Gasteiger partial charge on any atom is 0.152 e. The van der Waals surface area contributed by atoms with E-state index in [1.165, 1.54) is 180 Å². The normalized spacial score (nSPS) is 12.0. The third kappa shape index (κ3) is 30.6. The lowest BCUT2D eigenvalue weighted by molar-refractivity contribution is 0.182. The zero-order valence-electron chi connectivity index (χ0n) is 25.1. The molecule has 0 aromatic rings. The van der Waals surface area contributed by atoms with Crippen LogP contribution in [0.5, 0.6) is 0 Å². The van der Waals surface area contributed by atoms with Gasteiger partial charge in [0.1, 0.15) is 0 Å². The Morgan fingerprint density at radius 1 is 0.389 bits per heavy atom. The lowest BCUT2D eigenvalue weighted by atomic mass is 10.0. The minimum absolute atomic E-state index is 0.294. The van der Waals surface area contributed by atoms with Crippen LogP contribution in [0.15, 0.2) is 0 Å². The van der Waals surface area contributed by atoms with Gasteiger partial charge in [-0.1, -0.05) is 194 Å². The van der Waals surface area contributed by atoms with Crippen LogP contribution in [0, 0.1) is 0 Å². The van der Waals surface area contributed by atoms with E-state index in [9.17, 15) is 4.89 Å². The summed E-state index contributed by atoms with van der Waals surface area (Å²) < 4.78 is 5.65. The molecule has 0 fully saturated rings. The summed E-state index contributed by atoms with van der Waals surface area (Å²) in [4.78, 5) is 9.27. The fourth-order valence-electron chi connectivity index (χ4n) is 5.47. The van der Waals surface area contributed by atoms with Gasteiger partial charge in [0.2, 0.25) is 0 Å². The average Bonchev–Trinajstić information content (AvgIpc) is 2.89. The van der Waals surface area contributed by atoms with Crippen LogP contribution in [0.1, 0.15) is 206 Å². The molecule has 0 aliphatic rings. The maximum absolute atomic E-state index is 9.27. The van der Waals surface area contributed by atoms with Crippen molar-refractivity contribution in [3.05, 3.63) is 0 Å². The Balaban J connectivity index is 3.37.